The maximum atomic E-state index is 16.2. The van der Waals surface area contributed by atoms with E-state index in [0.29, 0.717) is 38.8 Å². The summed E-state index contributed by atoms with van der Waals surface area (Å²) < 4.78 is 56.0. The van der Waals surface area contributed by atoms with Gasteiger partial charge in [0.2, 0.25) is 0 Å². The number of hydrogen-bond acceptors (Lipinski definition) is 5. The molecule has 1 unspecified atom stereocenters. The number of halogens is 3. The number of alkyl halides is 1. The van der Waals surface area contributed by atoms with Crippen molar-refractivity contribution in [2.75, 3.05) is 33.4 Å². The number of H-pyrrole nitrogens is 1. The summed E-state index contributed by atoms with van der Waals surface area (Å²) in [5.41, 5.74) is 2.06. The van der Waals surface area contributed by atoms with Crippen molar-refractivity contribution in [2.45, 2.75) is 69.2 Å². The highest BCUT2D eigenvalue weighted by Crippen LogP contribution is 2.72. The Bertz CT molecular complexity index is 1460. The van der Waals surface area contributed by atoms with Crippen molar-refractivity contribution in [3.05, 3.63) is 64.9 Å². The number of esters is 1. The van der Waals surface area contributed by atoms with E-state index >= 15 is 8.78 Å². The Morgan fingerprint density at radius 1 is 1.15 bits per heavy atom. The third kappa shape index (κ3) is 4.10. The second-order valence-electron chi connectivity index (χ2n) is 12.6. The van der Waals surface area contributed by atoms with Gasteiger partial charge in [-0.2, -0.15) is 0 Å². The van der Waals surface area contributed by atoms with Crippen LogP contribution in [0, 0.1) is 17.0 Å². The number of carbonyl (C=O) groups excluding carboxylic acids is 1. The molecule has 2 aromatic carbocycles. The summed E-state index contributed by atoms with van der Waals surface area (Å²) >= 11 is 0. The molecule has 3 heterocycles. The van der Waals surface area contributed by atoms with Crippen LogP contribution in [0.1, 0.15) is 61.9 Å². The molecule has 0 spiro atoms. The summed E-state index contributed by atoms with van der Waals surface area (Å²) in [5.74, 6) is -1.31. The maximum Gasteiger partial charge on any atom is 0.312 e. The average molecular weight is 568 g/mol. The molecule has 0 radical (unpaired) electrons. The monoisotopic (exact) mass is 567 g/mol. The molecule has 2 aliphatic heterocycles. The fourth-order valence-electron chi connectivity index (χ4n) is 8.39. The number of ether oxygens (including phenoxy) is 2. The Balaban J connectivity index is 1.24. The number of carbonyl (C=O) groups is 1. The van der Waals surface area contributed by atoms with E-state index in [2.05, 4.69) is 27.8 Å². The lowest BCUT2D eigenvalue weighted by atomic mass is 9.38. The maximum absolute atomic E-state index is 16.2. The van der Waals surface area contributed by atoms with Crippen LogP contribution in [-0.2, 0) is 16.0 Å². The molecule has 1 aromatic heterocycles. The molecule has 1 N–H and O–H groups in total. The van der Waals surface area contributed by atoms with E-state index in [4.69, 9.17) is 9.47 Å². The number of likely N-dealkylation sites (tertiary alicyclic amines) is 1. The van der Waals surface area contributed by atoms with Gasteiger partial charge in [0, 0.05) is 65.5 Å². The topological polar surface area (TPSA) is 57.8 Å². The van der Waals surface area contributed by atoms with Crippen LogP contribution in [0.15, 0.2) is 36.4 Å². The summed E-state index contributed by atoms with van der Waals surface area (Å²) in [6, 6.07) is 9.94. The zero-order chi connectivity index (χ0) is 28.5. The van der Waals surface area contributed by atoms with Gasteiger partial charge in [-0.25, -0.2) is 8.78 Å². The number of rotatable bonds is 8. The summed E-state index contributed by atoms with van der Waals surface area (Å²) in [6.45, 7) is 3.80. The molecule has 9 heteroatoms. The van der Waals surface area contributed by atoms with E-state index in [-0.39, 0.29) is 41.6 Å². The molecule has 41 heavy (non-hydrogen) atoms. The van der Waals surface area contributed by atoms with E-state index in [1.807, 2.05) is 18.2 Å². The summed E-state index contributed by atoms with van der Waals surface area (Å²) in [5, 5.41) is 1.07. The lowest BCUT2D eigenvalue weighted by molar-refractivity contribution is -0.248. The first-order chi connectivity index (χ1) is 19.8. The van der Waals surface area contributed by atoms with Crippen LogP contribution in [0.2, 0.25) is 0 Å². The Morgan fingerprint density at radius 2 is 1.88 bits per heavy atom. The fourth-order valence-corrected chi connectivity index (χ4v) is 8.39. The van der Waals surface area contributed by atoms with Crippen molar-refractivity contribution in [1.29, 1.82) is 0 Å². The predicted molar refractivity (Wildman–Crippen MR) is 149 cm³/mol. The normalized spacial score (nSPS) is 31.0. The number of para-hydroxylation sites is 1. The molecule has 4 fully saturated rings. The van der Waals surface area contributed by atoms with Crippen molar-refractivity contribution in [3.63, 3.8) is 0 Å². The largest absolute Gasteiger partial charge is 0.489 e. The number of aromatic nitrogens is 1. The Kier molecular flexibility index (Phi) is 6.39. The van der Waals surface area contributed by atoms with Gasteiger partial charge in [0.05, 0.1) is 25.2 Å². The Morgan fingerprint density at radius 3 is 2.59 bits per heavy atom. The van der Waals surface area contributed by atoms with Crippen LogP contribution in [0.4, 0.5) is 13.2 Å². The van der Waals surface area contributed by atoms with Crippen LogP contribution < -0.4 is 4.74 Å². The predicted octanol–water partition coefficient (Wildman–Crippen LogP) is 5.69. The minimum absolute atomic E-state index is 0.00421. The molecule has 3 aliphatic carbocycles. The smallest absolute Gasteiger partial charge is 0.312 e. The first-order valence-electron chi connectivity index (χ1n) is 14.7. The second-order valence-corrected chi connectivity index (χ2v) is 12.6. The minimum atomic E-state index is -0.672. The standard InChI is InChI=1S/C32H36F3N3O3/c1-19-12-23-22-6-3-4-7-26(22)36-28(23)29(38(19)32-16-31(17-32,18-32)30(39)40-2)27-24(34)13-21(14-25(27)35)41-20-8-11-37(15-20)10-5-9-33/h3-4,6-7,13-14,19-20,29,36H,5,8-12,15-18H2,1-2H3/t19-,20?,29-,31?,32?/m0/s1. The van der Waals surface area contributed by atoms with Gasteiger partial charge in [-0.15, -0.1) is 0 Å². The number of nitrogens with zero attached hydrogens (tertiary/aromatic N) is 2. The van der Waals surface area contributed by atoms with E-state index < -0.39 is 23.1 Å². The van der Waals surface area contributed by atoms with Gasteiger partial charge in [0.1, 0.15) is 23.5 Å². The Labute approximate surface area is 237 Å². The summed E-state index contributed by atoms with van der Waals surface area (Å²) in [4.78, 5) is 20.4. The van der Waals surface area contributed by atoms with Gasteiger partial charge in [-0.1, -0.05) is 18.2 Å². The Hall–Kier alpha value is -3.04. The molecule has 3 saturated carbocycles. The van der Waals surface area contributed by atoms with Gasteiger partial charge in [-0.3, -0.25) is 19.0 Å². The third-order valence-electron chi connectivity index (χ3n) is 10.0. The highest BCUT2D eigenvalue weighted by atomic mass is 19.1. The molecule has 5 aliphatic rings. The van der Waals surface area contributed by atoms with Crippen LogP contribution >= 0.6 is 0 Å². The molecule has 3 aromatic rings. The number of benzene rings is 2. The van der Waals surface area contributed by atoms with E-state index in [1.54, 1.807) is 0 Å². The van der Waals surface area contributed by atoms with Gasteiger partial charge >= 0.3 is 5.97 Å². The van der Waals surface area contributed by atoms with E-state index in [0.717, 1.165) is 41.5 Å². The number of fused-ring (bicyclic) bond motifs is 3. The van der Waals surface area contributed by atoms with Crippen molar-refractivity contribution >= 4 is 16.9 Å². The number of methoxy groups -OCH3 is 1. The second kappa shape index (κ2) is 9.76. The average Bonchev–Trinajstić information content (AvgIpc) is 3.50. The van der Waals surface area contributed by atoms with E-state index in [9.17, 15) is 9.18 Å². The first-order valence-corrected chi connectivity index (χ1v) is 14.7. The molecule has 8 rings (SSSR count). The highest BCUT2D eigenvalue weighted by molar-refractivity contribution is 5.86. The molecule has 6 nitrogen and oxygen atoms in total. The van der Waals surface area contributed by atoms with Gasteiger partial charge in [0.15, 0.2) is 0 Å². The van der Waals surface area contributed by atoms with Crippen LogP contribution in [0.5, 0.6) is 5.75 Å². The lowest BCUT2D eigenvalue weighted by Crippen LogP contribution is -2.79. The van der Waals surface area contributed by atoms with Gasteiger partial charge in [-0.05, 0) is 57.1 Å². The molecule has 3 atom stereocenters. The quantitative estimate of drug-likeness (QED) is 0.355. The lowest BCUT2D eigenvalue weighted by Gasteiger charge is -2.74. The molecular weight excluding hydrogens is 531 g/mol. The van der Waals surface area contributed by atoms with Crippen molar-refractivity contribution in [2.24, 2.45) is 5.41 Å². The molecule has 0 amide bonds. The SMILES string of the molecule is COC(=O)C12CC(N3[C@@H](c4c(F)cc(OC5CCN(CCCF)C5)cc4F)c4[nH]c5ccccc5c4C[C@@H]3C)(C1)C2. The molecule has 2 bridgehead atoms. The molecule has 218 valence electrons. The fraction of sp³-hybridized carbons (Fsp3) is 0.531. The summed E-state index contributed by atoms with van der Waals surface area (Å²) in [7, 11) is 1.42. The van der Waals surface area contributed by atoms with E-state index in [1.165, 1.54) is 19.2 Å². The minimum Gasteiger partial charge on any atom is -0.489 e. The van der Waals surface area contributed by atoms with Gasteiger partial charge in [0.25, 0.3) is 0 Å². The molecular formula is C32H36F3N3O3. The van der Waals surface area contributed by atoms with Gasteiger partial charge < -0.3 is 14.5 Å². The highest BCUT2D eigenvalue weighted by Gasteiger charge is 2.76. The summed E-state index contributed by atoms with van der Waals surface area (Å²) in [6.07, 6.45) is 3.65. The van der Waals surface area contributed by atoms with Crippen LogP contribution in [0.25, 0.3) is 10.9 Å². The number of hydrogen-bond donors (Lipinski definition) is 1. The first kappa shape index (κ1) is 26.8. The van der Waals surface area contributed by atoms with Crippen molar-refractivity contribution < 1.29 is 27.4 Å². The van der Waals surface area contributed by atoms with Crippen molar-refractivity contribution in [3.8, 4) is 5.75 Å². The van der Waals surface area contributed by atoms with Crippen LogP contribution in [0.3, 0.4) is 0 Å². The number of nitrogens with one attached hydrogen (secondary N) is 1. The zero-order valence-corrected chi connectivity index (χ0v) is 23.5. The third-order valence-corrected chi connectivity index (χ3v) is 10.0. The van der Waals surface area contributed by atoms with Crippen molar-refractivity contribution in [1.82, 2.24) is 14.8 Å². The zero-order valence-electron chi connectivity index (χ0n) is 23.5. The number of aromatic amines is 1. The van der Waals surface area contributed by atoms with Crippen LogP contribution in [-0.4, -0.2) is 71.9 Å². The molecule has 1 saturated heterocycles.